The Bertz CT molecular complexity index is 424. The molecule has 2 aromatic rings. The van der Waals surface area contributed by atoms with E-state index in [9.17, 15) is 0 Å². The summed E-state index contributed by atoms with van der Waals surface area (Å²) in [6.45, 7) is 0.493. The number of methoxy groups -OCH3 is 1. The van der Waals surface area contributed by atoms with Gasteiger partial charge in [0.2, 0.25) is 0 Å². The van der Waals surface area contributed by atoms with Crippen molar-refractivity contribution >= 4 is 17.1 Å². The minimum atomic E-state index is 0.493. The Morgan fingerprint density at radius 3 is 3.15 bits per heavy atom. The molecule has 0 aliphatic heterocycles. The maximum Gasteiger partial charge on any atom is 0.0995 e. The average molecular weight is 197 g/mol. The molecule has 0 aromatic carbocycles. The summed E-state index contributed by atoms with van der Waals surface area (Å²) >= 11 is 6.01. The number of rotatable bonds is 2. The maximum atomic E-state index is 6.01. The molecule has 0 unspecified atom stereocenters. The van der Waals surface area contributed by atoms with Crippen LogP contribution in [-0.4, -0.2) is 16.5 Å². The molecule has 3 nitrogen and oxygen atoms in total. The van der Waals surface area contributed by atoms with E-state index in [0.717, 1.165) is 11.2 Å². The molecule has 0 aliphatic carbocycles. The average Bonchev–Trinajstić information content (AvgIpc) is 2.58. The molecule has 0 bridgehead atoms. The van der Waals surface area contributed by atoms with Crippen LogP contribution >= 0.6 is 11.6 Å². The highest BCUT2D eigenvalue weighted by atomic mass is 35.5. The highest BCUT2D eigenvalue weighted by molar-refractivity contribution is 6.31. The second-order valence-electron chi connectivity index (χ2n) is 2.75. The lowest BCUT2D eigenvalue weighted by Crippen LogP contribution is -1.98. The Balaban J connectivity index is 2.66. The van der Waals surface area contributed by atoms with E-state index in [2.05, 4.69) is 4.98 Å². The molecule has 0 radical (unpaired) electrons. The lowest BCUT2D eigenvalue weighted by Gasteiger charge is -2.05. The number of aromatic nitrogens is 2. The molecule has 0 spiro atoms. The Hall–Kier alpha value is -1.06. The van der Waals surface area contributed by atoms with Crippen LogP contribution in [-0.2, 0) is 11.3 Å². The van der Waals surface area contributed by atoms with Crippen molar-refractivity contribution in [2.75, 3.05) is 7.11 Å². The molecule has 0 aliphatic rings. The largest absolute Gasteiger partial charge is 0.378 e. The highest BCUT2D eigenvalue weighted by Crippen LogP contribution is 2.18. The summed E-state index contributed by atoms with van der Waals surface area (Å²) in [5, 5.41) is 0.701. The molecular formula is C9H9ClN2O. The van der Waals surface area contributed by atoms with Gasteiger partial charge in [-0.1, -0.05) is 11.6 Å². The van der Waals surface area contributed by atoms with Crippen LogP contribution in [0.25, 0.3) is 5.52 Å². The Morgan fingerprint density at radius 1 is 1.54 bits per heavy atom. The molecule has 0 saturated heterocycles. The van der Waals surface area contributed by atoms with E-state index in [1.165, 1.54) is 0 Å². The minimum Gasteiger partial charge on any atom is -0.378 e. The van der Waals surface area contributed by atoms with E-state index in [1.54, 1.807) is 19.6 Å². The first-order chi connectivity index (χ1) is 6.33. The van der Waals surface area contributed by atoms with Gasteiger partial charge in [0.25, 0.3) is 0 Å². The first-order valence-corrected chi connectivity index (χ1v) is 4.29. The maximum absolute atomic E-state index is 6.01. The third-order valence-electron chi connectivity index (χ3n) is 1.92. The van der Waals surface area contributed by atoms with Crippen molar-refractivity contribution in [3.63, 3.8) is 0 Å². The van der Waals surface area contributed by atoms with Gasteiger partial charge in [-0.05, 0) is 12.1 Å². The zero-order chi connectivity index (χ0) is 9.26. The van der Waals surface area contributed by atoms with Crippen molar-refractivity contribution in [3.05, 3.63) is 35.4 Å². The number of imidazole rings is 1. The van der Waals surface area contributed by atoms with Crippen molar-refractivity contribution in [3.8, 4) is 0 Å². The third kappa shape index (κ3) is 1.41. The van der Waals surface area contributed by atoms with Crippen LogP contribution in [0.2, 0.25) is 5.02 Å². The normalized spacial score (nSPS) is 10.9. The number of halogens is 1. The summed E-state index contributed by atoms with van der Waals surface area (Å²) in [4.78, 5) is 4.03. The zero-order valence-corrected chi connectivity index (χ0v) is 7.95. The molecule has 2 heterocycles. The van der Waals surface area contributed by atoms with Crippen molar-refractivity contribution in [2.24, 2.45) is 0 Å². The molecule has 0 amide bonds. The van der Waals surface area contributed by atoms with Crippen LogP contribution in [0.15, 0.2) is 24.7 Å². The standard InChI is InChI=1S/C9H9ClN2O/c1-13-5-9-8(10)3-2-7-4-11-6-12(7)9/h2-4,6H,5H2,1H3. The van der Waals surface area contributed by atoms with Gasteiger partial charge in [-0.15, -0.1) is 0 Å². The Morgan fingerprint density at radius 2 is 2.38 bits per heavy atom. The van der Waals surface area contributed by atoms with Gasteiger partial charge in [0.15, 0.2) is 0 Å². The SMILES string of the molecule is COCc1c(Cl)ccc2cncn12. The van der Waals surface area contributed by atoms with Crippen LogP contribution in [0.1, 0.15) is 5.69 Å². The fourth-order valence-corrected chi connectivity index (χ4v) is 1.51. The van der Waals surface area contributed by atoms with Crippen molar-refractivity contribution in [2.45, 2.75) is 6.61 Å². The summed E-state index contributed by atoms with van der Waals surface area (Å²) in [6, 6.07) is 3.78. The molecule has 2 rings (SSSR count). The summed E-state index contributed by atoms with van der Waals surface area (Å²) < 4.78 is 6.98. The third-order valence-corrected chi connectivity index (χ3v) is 2.26. The van der Waals surface area contributed by atoms with Gasteiger partial charge in [0.1, 0.15) is 0 Å². The van der Waals surface area contributed by atoms with E-state index in [1.807, 2.05) is 16.5 Å². The van der Waals surface area contributed by atoms with Gasteiger partial charge >= 0.3 is 0 Å². The number of pyridine rings is 1. The van der Waals surface area contributed by atoms with E-state index in [0.29, 0.717) is 11.6 Å². The Labute approximate surface area is 80.9 Å². The smallest absolute Gasteiger partial charge is 0.0995 e. The summed E-state index contributed by atoms with van der Waals surface area (Å²) in [7, 11) is 1.64. The number of fused-ring (bicyclic) bond motifs is 1. The van der Waals surface area contributed by atoms with Gasteiger partial charge in [-0.3, -0.25) is 4.40 Å². The molecule has 68 valence electrons. The molecule has 2 aromatic heterocycles. The van der Waals surface area contributed by atoms with E-state index >= 15 is 0 Å². The van der Waals surface area contributed by atoms with Crippen LogP contribution in [0, 0.1) is 0 Å². The summed E-state index contributed by atoms with van der Waals surface area (Å²) in [5.74, 6) is 0. The molecule has 0 atom stereocenters. The van der Waals surface area contributed by atoms with Gasteiger partial charge < -0.3 is 4.74 Å². The van der Waals surface area contributed by atoms with Crippen molar-refractivity contribution in [1.29, 1.82) is 0 Å². The van der Waals surface area contributed by atoms with Gasteiger partial charge in [-0.25, -0.2) is 4.98 Å². The van der Waals surface area contributed by atoms with Gasteiger partial charge in [0, 0.05) is 7.11 Å². The van der Waals surface area contributed by atoms with E-state index in [4.69, 9.17) is 16.3 Å². The first kappa shape index (κ1) is 8.53. The van der Waals surface area contributed by atoms with Crippen molar-refractivity contribution in [1.82, 2.24) is 9.38 Å². The minimum absolute atomic E-state index is 0.493. The van der Waals surface area contributed by atoms with Crippen LogP contribution in [0.3, 0.4) is 0 Å². The zero-order valence-electron chi connectivity index (χ0n) is 7.20. The molecule has 0 saturated carbocycles. The second kappa shape index (κ2) is 3.36. The summed E-state index contributed by atoms with van der Waals surface area (Å²) in [6.07, 6.45) is 3.52. The second-order valence-corrected chi connectivity index (χ2v) is 3.16. The highest BCUT2D eigenvalue weighted by Gasteiger charge is 2.04. The molecule has 13 heavy (non-hydrogen) atoms. The van der Waals surface area contributed by atoms with Gasteiger partial charge in [-0.2, -0.15) is 0 Å². The summed E-state index contributed by atoms with van der Waals surface area (Å²) in [5.41, 5.74) is 1.95. The molecule has 0 fully saturated rings. The van der Waals surface area contributed by atoms with Crippen LogP contribution < -0.4 is 0 Å². The predicted octanol–water partition coefficient (Wildman–Crippen LogP) is 2.13. The number of hydrogen-bond donors (Lipinski definition) is 0. The fraction of sp³-hybridized carbons (Fsp3) is 0.222. The molecule has 0 N–H and O–H groups in total. The van der Waals surface area contributed by atoms with Gasteiger partial charge in [0.05, 0.1) is 35.4 Å². The molecular weight excluding hydrogens is 188 g/mol. The lowest BCUT2D eigenvalue weighted by molar-refractivity contribution is 0.180. The quantitative estimate of drug-likeness (QED) is 0.736. The Kier molecular flexibility index (Phi) is 2.20. The van der Waals surface area contributed by atoms with E-state index in [-0.39, 0.29) is 0 Å². The predicted molar refractivity (Wildman–Crippen MR) is 50.9 cm³/mol. The van der Waals surface area contributed by atoms with Crippen molar-refractivity contribution < 1.29 is 4.74 Å². The first-order valence-electron chi connectivity index (χ1n) is 3.91. The number of ether oxygens (including phenoxy) is 1. The van der Waals surface area contributed by atoms with Crippen LogP contribution in [0.5, 0.6) is 0 Å². The monoisotopic (exact) mass is 196 g/mol. The fourth-order valence-electron chi connectivity index (χ4n) is 1.30. The number of hydrogen-bond acceptors (Lipinski definition) is 2. The number of nitrogens with zero attached hydrogens (tertiary/aromatic N) is 2. The van der Waals surface area contributed by atoms with E-state index < -0.39 is 0 Å². The lowest BCUT2D eigenvalue weighted by atomic mass is 10.3. The topological polar surface area (TPSA) is 26.5 Å². The molecule has 4 heteroatoms. The van der Waals surface area contributed by atoms with Crippen LogP contribution in [0.4, 0.5) is 0 Å².